The van der Waals surface area contributed by atoms with Crippen LogP contribution in [0.5, 0.6) is 5.75 Å². The highest BCUT2D eigenvalue weighted by Gasteiger charge is 2.06. The third kappa shape index (κ3) is 3.90. The third-order valence-electron chi connectivity index (χ3n) is 4.06. The van der Waals surface area contributed by atoms with Crippen molar-refractivity contribution in [2.24, 2.45) is 0 Å². The van der Waals surface area contributed by atoms with E-state index < -0.39 is 5.91 Å². The topological polar surface area (TPSA) is 62.1 Å². The lowest BCUT2D eigenvalue weighted by atomic mass is 10.1. The van der Waals surface area contributed by atoms with Gasteiger partial charge in [0.05, 0.1) is 0 Å². The molecule has 0 saturated carbocycles. The summed E-state index contributed by atoms with van der Waals surface area (Å²) in [5, 5.41) is 13.8. The highest BCUT2D eigenvalue weighted by Crippen LogP contribution is 2.21. The molecule has 0 fully saturated rings. The molecule has 0 aliphatic heterocycles. The van der Waals surface area contributed by atoms with Crippen LogP contribution in [0, 0.1) is 11.3 Å². The van der Waals surface area contributed by atoms with Gasteiger partial charge in [0.15, 0.2) is 0 Å². The quantitative estimate of drug-likeness (QED) is 0.561. The molecule has 0 spiro atoms. The molecule has 0 atom stereocenters. The Hall–Kier alpha value is -3.58. The van der Waals surface area contributed by atoms with E-state index in [-0.39, 0.29) is 5.57 Å². The standard InChI is InChI=1S/C22H18N2O2/c1-24-22(25)19(14-23)13-16-9-11-20(12-10-16)26-15-18-7-4-6-17-5-2-3-8-21(17)18/h2-13H,15H2,1H3,(H,24,25). The van der Waals surface area contributed by atoms with E-state index in [2.05, 4.69) is 29.6 Å². The Balaban J connectivity index is 1.73. The van der Waals surface area contributed by atoms with Gasteiger partial charge in [-0.2, -0.15) is 5.26 Å². The van der Waals surface area contributed by atoms with Crippen LogP contribution in [0.3, 0.4) is 0 Å². The Morgan fingerprint density at radius 1 is 1.08 bits per heavy atom. The van der Waals surface area contributed by atoms with Gasteiger partial charge in [0.1, 0.15) is 24.0 Å². The van der Waals surface area contributed by atoms with Crippen LogP contribution >= 0.6 is 0 Å². The summed E-state index contributed by atoms with van der Waals surface area (Å²) in [5.74, 6) is 0.331. The second-order valence-corrected chi connectivity index (χ2v) is 5.74. The fourth-order valence-corrected chi connectivity index (χ4v) is 2.69. The van der Waals surface area contributed by atoms with E-state index in [1.807, 2.05) is 48.5 Å². The van der Waals surface area contributed by atoms with Crippen molar-refractivity contribution in [3.63, 3.8) is 0 Å². The van der Waals surface area contributed by atoms with E-state index in [9.17, 15) is 4.79 Å². The number of carbonyl (C=O) groups excluding carboxylic acids is 1. The fraction of sp³-hybridized carbons (Fsp3) is 0.0909. The summed E-state index contributed by atoms with van der Waals surface area (Å²) in [4.78, 5) is 11.6. The lowest BCUT2D eigenvalue weighted by Crippen LogP contribution is -2.19. The molecule has 0 saturated heterocycles. The van der Waals surface area contributed by atoms with Gasteiger partial charge in [0.25, 0.3) is 5.91 Å². The number of nitriles is 1. The minimum absolute atomic E-state index is 0.0666. The summed E-state index contributed by atoms with van der Waals surface area (Å²) in [5.41, 5.74) is 1.96. The van der Waals surface area contributed by atoms with Crippen molar-refractivity contribution in [3.05, 3.63) is 83.4 Å². The molecule has 1 amide bonds. The van der Waals surface area contributed by atoms with E-state index in [0.29, 0.717) is 6.61 Å². The van der Waals surface area contributed by atoms with Gasteiger partial charge in [0.2, 0.25) is 0 Å². The number of benzene rings is 3. The van der Waals surface area contributed by atoms with Crippen LogP contribution < -0.4 is 10.1 Å². The average Bonchev–Trinajstić information content (AvgIpc) is 2.70. The van der Waals surface area contributed by atoms with Crippen LogP contribution in [0.1, 0.15) is 11.1 Å². The number of fused-ring (bicyclic) bond motifs is 1. The largest absolute Gasteiger partial charge is 0.489 e. The molecule has 0 bridgehead atoms. The lowest BCUT2D eigenvalue weighted by molar-refractivity contribution is -0.116. The smallest absolute Gasteiger partial charge is 0.261 e. The maximum atomic E-state index is 11.6. The molecule has 26 heavy (non-hydrogen) atoms. The molecule has 128 valence electrons. The van der Waals surface area contributed by atoms with Crippen molar-refractivity contribution in [1.82, 2.24) is 5.32 Å². The van der Waals surface area contributed by atoms with E-state index in [0.717, 1.165) is 16.9 Å². The molecule has 0 aromatic heterocycles. The summed E-state index contributed by atoms with van der Waals surface area (Å²) in [7, 11) is 1.50. The molecule has 0 radical (unpaired) electrons. The summed E-state index contributed by atoms with van der Waals surface area (Å²) in [6.07, 6.45) is 1.55. The van der Waals surface area contributed by atoms with Gasteiger partial charge in [-0.1, -0.05) is 54.6 Å². The first-order chi connectivity index (χ1) is 12.7. The van der Waals surface area contributed by atoms with Crippen LogP contribution in [0.2, 0.25) is 0 Å². The number of rotatable bonds is 5. The molecule has 4 heteroatoms. The van der Waals surface area contributed by atoms with Crippen LogP contribution in [-0.4, -0.2) is 13.0 Å². The van der Waals surface area contributed by atoms with Crippen molar-refractivity contribution >= 4 is 22.8 Å². The van der Waals surface area contributed by atoms with Gasteiger partial charge >= 0.3 is 0 Å². The Morgan fingerprint density at radius 3 is 2.54 bits per heavy atom. The number of hydrogen-bond donors (Lipinski definition) is 1. The number of amides is 1. The number of likely N-dealkylation sites (N-methyl/N-ethyl adjacent to an activating group) is 1. The molecule has 0 unspecified atom stereocenters. The first kappa shape index (κ1) is 17.2. The van der Waals surface area contributed by atoms with Gasteiger partial charge < -0.3 is 10.1 Å². The minimum Gasteiger partial charge on any atom is -0.489 e. The zero-order valence-corrected chi connectivity index (χ0v) is 14.4. The van der Waals surface area contributed by atoms with Gasteiger partial charge in [0, 0.05) is 7.05 Å². The second kappa shape index (κ2) is 8.00. The van der Waals surface area contributed by atoms with E-state index >= 15 is 0 Å². The first-order valence-corrected chi connectivity index (χ1v) is 8.24. The van der Waals surface area contributed by atoms with Crippen LogP contribution in [-0.2, 0) is 11.4 Å². The number of nitrogens with one attached hydrogen (secondary N) is 1. The van der Waals surface area contributed by atoms with Gasteiger partial charge in [-0.15, -0.1) is 0 Å². The third-order valence-corrected chi connectivity index (χ3v) is 4.06. The number of ether oxygens (including phenoxy) is 1. The van der Waals surface area contributed by atoms with Crippen LogP contribution in [0.25, 0.3) is 16.8 Å². The normalized spacial score (nSPS) is 11.0. The molecule has 4 nitrogen and oxygen atoms in total. The molecule has 0 aliphatic carbocycles. The molecule has 3 aromatic carbocycles. The SMILES string of the molecule is CNC(=O)C(C#N)=Cc1ccc(OCc2cccc3ccccc23)cc1. The Bertz CT molecular complexity index is 993. The van der Waals surface area contributed by atoms with Gasteiger partial charge in [-0.05, 0) is 40.1 Å². The van der Waals surface area contributed by atoms with Gasteiger partial charge in [-0.25, -0.2) is 0 Å². The molecular weight excluding hydrogens is 324 g/mol. The highest BCUT2D eigenvalue weighted by atomic mass is 16.5. The Labute approximate surface area is 152 Å². The number of nitrogens with zero attached hydrogens (tertiary/aromatic N) is 1. The summed E-state index contributed by atoms with van der Waals surface area (Å²) >= 11 is 0. The van der Waals surface area contributed by atoms with Crippen molar-refractivity contribution in [1.29, 1.82) is 5.26 Å². The average molecular weight is 342 g/mol. The van der Waals surface area contributed by atoms with Crippen LogP contribution in [0.4, 0.5) is 0 Å². The predicted molar refractivity (Wildman–Crippen MR) is 102 cm³/mol. The van der Waals surface area contributed by atoms with Crippen molar-refractivity contribution < 1.29 is 9.53 Å². The molecular formula is C22H18N2O2. The minimum atomic E-state index is -0.399. The van der Waals surface area contributed by atoms with E-state index in [1.54, 1.807) is 6.08 Å². The summed E-state index contributed by atoms with van der Waals surface area (Å²) in [6, 6.07) is 23.6. The van der Waals surface area contributed by atoms with E-state index in [1.165, 1.54) is 17.8 Å². The van der Waals surface area contributed by atoms with E-state index in [4.69, 9.17) is 10.00 Å². The van der Waals surface area contributed by atoms with Crippen LogP contribution in [0.15, 0.2) is 72.3 Å². The molecule has 0 aliphatic rings. The van der Waals surface area contributed by atoms with Crippen molar-refractivity contribution in [2.45, 2.75) is 6.61 Å². The molecule has 3 aromatic rings. The number of carbonyl (C=O) groups is 1. The molecule has 3 rings (SSSR count). The lowest BCUT2D eigenvalue weighted by Gasteiger charge is -2.09. The molecule has 0 heterocycles. The predicted octanol–water partition coefficient (Wildman–Crippen LogP) is 4.07. The fourth-order valence-electron chi connectivity index (χ4n) is 2.69. The highest BCUT2D eigenvalue weighted by molar-refractivity contribution is 6.01. The summed E-state index contributed by atoms with van der Waals surface area (Å²) < 4.78 is 5.89. The first-order valence-electron chi connectivity index (χ1n) is 8.24. The van der Waals surface area contributed by atoms with Crippen molar-refractivity contribution in [2.75, 3.05) is 7.05 Å². The summed E-state index contributed by atoms with van der Waals surface area (Å²) in [6.45, 7) is 0.470. The van der Waals surface area contributed by atoms with Crippen molar-refractivity contribution in [3.8, 4) is 11.8 Å². The maximum Gasteiger partial charge on any atom is 0.261 e. The zero-order chi connectivity index (χ0) is 18.4. The monoisotopic (exact) mass is 342 g/mol. The van der Waals surface area contributed by atoms with Gasteiger partial charge in [-0.3, -0.25) is 4.79 Å². The maximum absolute atomic E-state index is 11.6. The number of hydrogen-bond acceptors (Lipinski definition) is 3. The molecule has 1 N–H and O–H groups in total. The Kier molecular flexibility index (Phi) is 5.31. The second-order valence-electron chi connectivity index (χ2n) is 5.74. The Morgan fingerprint density at radius 2 is 1.81 bits per heavy atom. The zero-order valence-electron chi connectivity index (χ0n) is 14.4.